The molecule has 0 saturated heterocycles. The monoisotopic (exact) mass is 295 g/mol. The fraction of sp³-hybridized carbons (Fsp3) is 0.200. The highest BCUT2D eigenvalue weighted by molar-refractivity contribution is 6.36. The van der Waals surface area contributed by atoms with Gasteiger partial charge in [0.25, 0.3) is 0 Å². The number of ether oxygens (including phenoxy) is 1. The molecule has 0 aliphatic heterocycles. The van der Waals surface area contributed by atoms with Gasteiger partial charge >= 0.3 is 0 Å². The van der Waals surface area contributed by atoms with E-state index in [0.29, 0.717) is 22.3 Å². The van der Waals surface area contributed by atoms with E-state index >= 15 is 0 Å². The van der Waals surface area contributed by atoms with Gasteiger partial charge in [-0.3, -0.25) is 0 Å². The molecule has 0 unspecified atom stereocenters. The zero-order valence-corrected chi connectivity index (χ0v) is 12.3. The molecule has 0 heterocycles. The number of methoxy groups -OCH3 is 1. The minimum absolute atomic E-state index is 0.454. The van der Waals surface area contributed by atoms with Gasteiger partial charge in [0.15, 0.2) is 0 Å². The summed E-state index contributed by atoms with van der Waals surface area (Å²) in [6.07, 6.45) is 0. The van der Waals surface area contributed by atoms with E-state index in [9.17, 15) is 0 Å². The van der Waals surface area contributed by atoms with E-state index in [1.807, 2.05) is 25.1 Å². The molecule has 0 aliphatic rings. The molecule has 2 N–H and O–H groups in total. The fourth-order valence-electron chi connectivity index (χ4n) is 2.01. The number of hydrogen-bond acceptors (Lipinski definition) is 2. The van der Waals surface area contributed by atoms with Crippen LogP contribution in [-0.4, -0.2) is 7.11 Å². The Labute approximate surface area is 123 Å². The molecule has 4 heteroatoms. The molecule has 0 saturated carbocycles. The van der Waals surface area contributed by atoms with Crippen LogP contribution in [0.2, 0.25) is 10.0 Å². The standard InChI is InChI=1S/C15H15Cl2NO/c1-9-3-4-10(8-18)11(5-9)12-6-14(17)15(19-2)7-13(12)16/h3-7H,8,18H2,1-2H3. The summed E-state index contributed by atoms with van der Waals surface area (Å²) in [5.74, 6) is 0.567. The van der Waals surface area contributed by atoms with Gasteiger partial charge in [-0.15, -0.1) is 0 Å². The molecular weight excluding hydrogens is 281 g/mol. The second kappa shape index (κ2) is 5.83. The van der Waals surface area contributed by atoms with Crippen molar-refractivity contribution in [1.29, 1.82) is 0 Å². The summed E-state index contributed by atoms with van der Waals surface area (Å²) >= 11 is 12.5. The molecule has 2 nitrogen and oxygen atoms in total. The van der Waals surface area contributed by atoms with Crippen LogP contribution < -0.4 is 10.5 Å². The van der Waals surface area contributed by atoms with Crippen molar-refractivity contribution in [2.45, 2.75) is 13.5 Å². The molecule has 2 rings (SSSR count). The molecule has 19 heavy (non-hydrogen) atoms. The largest absolute Gasteiger partial charge is 0.495 e. The number of rotatable bonds is 3. The van der Waals surface area contributed by atoms with E-state index in [1.165, 1.54) is 0 Å². The Morgan fingerprint density at radius 3 is 2.42 bits per heavy atom. The first-order valence-electron chi connectivity index (χ1n) is 5.89. The molecule has 2 aromatic carbocycles. The first-order valence-corrected chi connectivity index (χ1v) is 6.65. The molecule has 0 atom stereocenters. The predicted molar refractivity (Wildman–Crippen MR) is 81.1 cm³/mol. The van der Waals surface area contributed by atoms with Crippen molar-refractivity contribution >= 4 is 23.2 Å². The van der Waals surface area contributed by atoms with Gasteiger partial charge in [0.1, 0.15) is 5.75 Å². The van der Waals surface area contributed by atoms with Crippen molar-refractivity contribution in [3.05, 3.63) is 51.5 Å². The lowest BCUT2D eigenvalue weighted by Crippen LogP contribution is -2.00. The SMILES string of the molecule is COc1cc(Cl)c(-c2cc(C)ccc2CN)cc1Cl. The molecule has 0 fully saturated rings. The quantitative estimate of drug-likeness (QED) is 0.909. The van der Waals surface area contributed by atoms with E-state index in [4.69, 9.17) is 33.7 Å². The van der Waals surface area contributed by atoms with Gasteiger partial charge < -0.3 is 10.5 Å². The smallest absolute Gasteiger partial charge is 0.138 e. The number of aryl methyl sites for hydroxylation is 1. The second-order valence-corrected chi connectivity index (χ2v) is 5.15. The second-order valence-electron chi connectivity index (χ2n) is 4.33. The van der Waals surface area contributed by atoms with Crippen LogP contribution >= 0.6 is 23.2 Å². The summed E-state index contributed by atoms with van der Waals surface area (Å²) in [5.41, 5.74) is 9.85. The Morgan fingerprint density at radius 2 is 1.79 bits per heavy atom. The summed E-state index contributed by atoms with van der Waals surface area (Å²) < 4.78 is 5.16. The lowest BCUT2D eigenvalue weighted by Gasteiger charge is -2.13. The number of nitrogens with two attached hydrogens (primary N) is 1. The highest BCUT2D eigenvalue weighted by atomic mass is 35.5. The Morgan fingerprint density at radius 1 is 1.05 bits per heavy atom. The van der Waals surface area contributed by atoms with E-state index < -0.39 is 0 Å². The number of hydrogen-bond donors (Lipinski definition) is 1. The van der Waals surface area contributed by atoms with Crippen LogP contribution in [0.4, 0.5) is 0 Å². The summed E-state index contributed by atoms with van der Waals surface area (Å²) in [5, 5.41) is 1.13. The van der Waals surface area contributed by atoms with Crippen LogP contribution in [0.3, 0.4) is 0 Å². The average Bonchev–Trinajstić information content (AvgIpc) is 2.40. The minimum atomic E-state index is 0.454. The molecular formula is C15H15Cl2NO. The van der Waals surface area contributed by atoms with Crippen molar-refractivity contribution < 1.29 is 4.74 Å². The first kappa shape index (κ1) is 14.2. The normalized spacial score (nSPS) is 10.6. The third-order valence-corrected chi connectivity index (χ3v) is 3.63. The average molecular weight is 296 g/mol. The minimum Gasteiger partial charge on any atom is -0.495 e. The predicted octanol–water partition coefficient (Wildman–Crippen LogP) is 4.44. The maximum Gasteiger partial charge on any atom is 0.138 e. The Balaban J connectivity index is 2.65. The molecule has 0 aromatic heterocycles. The summed E-state index contributed by atoms with van der Waals surface area (Å²) in [7, 11) is 1.56. The highest BCUT2D eigenvalue weighted by Crippen LogP contribution is 2.38. The van der Waals surface area contributed by atoms with Crippen LogP contribution in [0.1, 0.15) is 11.1 Å². The van der Waals surface area contributed by atoms with Gasteiger partial charge in [0.2, 0.25) is 0 Å². The lowest BCUT2D eigenvalue weighted by molar-refractivity contribution is 0.415. The van der Waals surface area contributed by atoms with E-state index in [-0.39, 0.29) is 0 Å². The zero-order chi connectivity index (χ0) is 14.0. The molecule has 100 valence electrons. The summed E-state index contributed by atoms with van der Waals surface area (Å²) in [6, 6.07) is 9.65. The van der Waals surface area contributed by atoms with Crippen LogP contribution in [0.15, 0.2) is 30.3 Å². The van der Waals surface area contributed by atoms with Crippen molar-refractivity contribution in [1.82, 2.24) is 0 Å². The van der Waals surface area contributed by atoms with Crippen molar-refractivity contribution in [2.75, 3.05) is 7.11 Å². The summed E-state index contributed by atoms with van der Waals surface area (Å²) in [6.45, 7) is 2.48. The Kier molecular flexibility index (Phi) is 4.35. The first-order chi connectivity index (χ1) is 9.06. The summed E-state index contributed by atoms with van der Waals surface area (Å²) in [4.78, 5) is 0. The van der Waals surface area contributed by atoms with Crippen LogP contribution in [-0.2, 0) is 6.54 Å². The topological polar surface area (TPSA) is 35.2 Å². The third-order valence-electron chi connectivity index (χ3n) is 3.02. The molecule has 0 radical (unpaired) electrons. The van der Waals surface area contributed by atoms with Gasteiger partial charge in [0.05, 0.1) is 17.2 Å². The maximum atomic E-state index is 6.32. The van der Waals surface area contributed by atoms with Crippen LogP contribution in [0.5, 0.6) is 5.75 Å². The molecule has 0 aliphatic carbocycles. The van der Waals surface area contributed by atoms with Gasteiger partial charge in [0, 0.05) is 18.2 Å². The zero-order valence-electron chi connectivity index (χ0n) is 10.8. The van der Waals surface area contributed by atoms with Crippen molar-refractivity contribution in [3.63, 3.8) is 0 Å². The Hall–Kier alpha value is -1.22. The Bertz CT molecular complexity index is 611. The van der Waals surface area contributed by atoms with Crippen LogP contribution in [0, 0.1) is 6.92 Å². The van der Waals surface area contributed by atoms with Crippen molar-refractivity contribution in [2.24, 2.45) is 5.73 Å². The number of benzene rings is 2. The van der Waals surface area contributed by atoms with Gasteiger partial charge in [-0.05, 0) is 24.1 Å². The number of halogens is 2. The molecule has 2 aromatic rings. The lowest BCUT2D eigenvalue weighted by atomic mass is 9.97. The highest BCUT2D eigenvalue weighted by Gasteiger charge is 2.12. The van der Waals surface area contributed by atoms with Gasteiger partial charge in [-0.25, -0.2) is 0 Å². The van der Waals surface area contributed by atoms with Gasteiger partial charge in [-0.2, -0.15) is 0 Å². The van der Waals surface area contributed by atoms with E-state index in [1.54, 1.807) is 13.2 Å². The maximum absolute atomic E-state index is 6.32. The third kappa shape index (κ3) is 2.86. The van der Waals surface area contributed by atoms with E-state index in [0.717, 1.165) is 22.3 Å². The van der Waals surface area contributed by atoms with E-state index in [2.05, 4.69) is 6.07 Å². The molecule has 0 amide bonds. The molecule has 0 bridgehead atoms. The van der Waals surface area contributed by atoms with Crippen LogP contribution in [0.25, 0.3) is 11.1 Å². The van der Waals surface area contributed by atoms with Crippen molar-refractivity contribution in [3.8, 4) is 16.9 Å². The fourth-order valence-corrected chi connectivity index (χ4v) is 2.51. The molecule has 0 spiro atoms. The van der Waals surface area contributed by atoms with Gasteiger partial charge in [-0.1, -0.05) is 47.0 Å².